The lowest BCUT2D eigenvalue weighted by atomic mass is 9.43. The minimum atomic E-state index is -1.36. The van der Waals surface area contributed by atoms with E-state index in [1.165, 1.54) is 6.92 Å². The van der Waals surface area contributed by atoms with E-state index in [0.717, 1.165) is 37.8 Å². The molecule has 0 bridgehead atoms. The summed E-state index contributed by atoms with van der Waals surface area (Å²) >= 11 is 0. The first-order chi connectivity index (χ1) is 23.4. The minimum Gasteiger partial charge on any atom is -0.462 e. The highest BCUT2D eigenvalue weighted by molar-refractivity contribution is 5.98. The van der Waals surface area contributed by atoms with Crippen molar-refractivity contribution in [3.05, 3.63) is 48.6 Å². The van der Waals surface area contributed by atoms with E-state index in [-0.39, 0.29) is 57.4 Å². The molecule has 9 heteroatoms. The van der Waals surface area contributed by atoms with E-state index in [1.54, 1.807) is 19.1 Å². The second-order valence-corrected chi connectivity index (χ2v) is 17.1. The number of allylic oxidation sites excluding steroid dienone is 2. The average molecular weight is 689 g/mol. The van der Waals surface area contributed by atoms with Gasteiger partial charge < -0.3 is 19.5 Å². The number of aliphatic hydroxyl groups is 1. The molecule has 0 aliphatic heterocycles. The Morgan fingerprint density at radius 3 is 2.40 bits per heavy atom. The maximum atomic E-state index is 13.8. The Bertz CT molecular complexity index is 1600. The van der Waals surface area contributed by atoms with Crippen molar-refractivity contribution in [2.45, 2.75) is 92.3 Å². The van der Waals surface area contributed by atoms with E-state index in [9.17, 15) is 24.3 Å². The van der Waals surface area contributed by atoms with Gasteiger partial charge in [0.15, 0.2) is 11.6 Å². The van der Waals surface area contributed by atoms with Crippen molar-refractivity contribution in [1.82, 2.24) is 0 Å². The smallest absolute Gasteiger partial charge is 0.411 e. The van der Waals surface area contributed by atoms with Crippen LogP contribution in [0.2, 0.25) is 0 Å². The van der Waals surface area contributed by atoms with Crippen LogP contribution in [-0.4, -0.2) is 61.6 Å². The fraction of sp³-hybridized carbons (Fsp3) is 0.659. The van der Waals surface area contributed by atoms with Gasteiger partial charge in [0.05, 0.1) is 6.61 Å². The SMILES string of the molecule is C=C(C(=O)[C@H](O)[C@@H](C)[C@H]1[C@@H](OC(C)=O)C[C@@]2(C)[C@@H]3CC[C@H]4[C@H](C)C(=O)C=C[C@@]45C[C@@]35CC[C@]12C)[C@@H](C)COC(=O)Nc1ccc(N(C)C)cc1. The monoisotopic (exact) mass is 688 g/mol. The van der Waals surface area contributed by atoms with Gasteiger partial charge in [-0.15, -0.1) is 0 Å². The lowest BCUT2D eigenvalue weighted by molar-refractivity contribution is -0.154. The van der Waals surface area contributed by atoms with Crippen LogP contribution in [0.15, 0.2) is 48.6 Å². The minimum absolute atomic E-state index is 0.0449. The normalized spacial score (nSPS) is 38.3. The summed E-state index contributed by atoms with van der Waals surface area (Å²) in [5.41, 5.74) is 1.50. The molecular formula is C41H56N2O7. The first-order valence-electron chi connectivity index (χ1n) is 18.4. The van der Waals surface area contributed by atoms with Gasteiger partial charge in [0.1, 0.15) is 12.2 Å². The summed E-state index contributed by atoms with van der Waals surface area (Å²) in [6.45, 7) is 15.8. The fourth-order valence-electron chi connectivity index (χ4n) is 11.8. The van der Waals surface area contributed by atoms with Crippen LogP contribution in [0.5, 0.6) is 0 Å². The number of aliphatic hydroxyl groups excluding tert-OH is 1. The summed E-state index contributed by atoms with van der Waals surface area (Å²) in [5, 5.41) is 14.4. The number of nitrogens with zero attached hydrogens (tertiary/aromatic N) is 1. The molecule has 272 valence electrons. The summed E-state index contributed by atoms with van der Waals surface area (Å²) in [5.74, 6) is -1.06. The Kier molecular flexibility index (Phi) is 9.19. The first kappa shape index (κ1) is 36.3. The molecule has 2 spiro atoms. The van der Waals surface area contributed by atoms with Crippen molar-refractivity contribution in [3.63, 3.8) is 0 Å². The number of anilines is 2. The number of esters is 1. The van der Waals surface area contributed by atoms with Crippen molar-refractivity contribution in [3.8, 4) is 0 Å². The predicted octanol–water partition coefficient (Wildman–Crippen LogP) is 7.00. The number of ether oxygens (including phenoxy) is 2. The molecule has 0 aromatic heterocycles. The van der Waals surface area contributed by atoms with Gasteiger partial charge in [0.25, 0.3) is 0 Å². The Hall–Kier alpha value is -3.46. The number of Topliss-reactive ketones (excluding diaryl/α,β-unsaturated/α-hetero) is 1. The summed E-state index contributed by atoms with van der Waals surface area (Å²) in [6, 6.07) is 7.34. The molecule has 5 aliphatic rings. The van der Waals surface area contributed by atoms with Gasteiger partial charge in [-0.2, -0.15) is 0 Å². The van der Waals surface area contributed by atoms with Crippen LogP contribution in [0.1, 0.15) is 80.1 Å². The van der Waals surface area contributed by atoms with Gasteiger partial charge in [-0.1, -0.05) is 47.3 Å². The number of hydrogen-bond acceptors (Lipinski definition) is 8. The van der Waals surface area contributed by atoms with Crippen LogP contribution in [0, 0.1) is 57.2 Å². The first-order valence-corrected chi connectivity index (χ1v) is 18.4. The summed E-state index contributed by atoms with van der Waals surface area (Å²) < 4.78 is 11.5. The number of carbonyl (C=O) groups is 4. The van der Waals surface area contributed by atoms with E-state index < -0.39 is 35.9 Å². The number of fused-ring (bicyclic) bond motifs is 2. The fourth-order valence-corrected chi connectivity index (χ4v) is 11.8. The molecule has 1 aromatic carbocycles. The van der Waals surface area contributed by atoms with E-state index in [4.69, 9.17) is 9.47 Å². The van der Waals surface area contributed by atoms with E-state index in [1.807, 2.05) is 44.1 Å². The molecule has 4 fully saturated rings. The number of amides is 1. The second-order valence-electron chi connectivity index (χ2n) is 17.1. The largest absolute Gasteiger partial charge is 0.462 e. The van der Waals surface area contributed by atoms with Gasteiger partial charge in [-0.3, -0.25) is 19.7 Å². The third-order valence-corrected chi connectivity index (χ3v) is 14.7. The van der Waals surface area contributed by atoms with Crippen molar-refractivity contribution in [2.24, 2.45) is 57.2 Å². The van der Waals surface area contributed by atoms with Crippen molar-refractivity contribution < 1.29 is 33.8 Å². The molecule has 0 radical (unpaired) electrons. The molecule has 1 amide bonds. The third-order valence-electron chi connectivity index (χ3n) is 14.7. The van der Waals surface area contributed by atoms with E-state index in [2.05, 4.69) is 38.7 Å². The Balaban J connectivity index is 1.15. The Labute approximate surface area is 297 Å². The molecule has 6 rings (SSSR count). The van der Waals surface area contributed by atoms with E-state index in [0.29, 0.717) is 23.9 Å². The maximum Gasteiger partial charge on any atom is 0.411 e. The molecular weight excluding hydrogens is 632 g/mol. The molecule has 5 aliphatic carbocycles. The summed E-state index contributed by atoms with van der Waals surface area (Å²) in [4.78, 5) is 53.5. The predicted molar refractivity (Wildman–Crippen MR) is 192 cm³/mol. The van der Waals surface area contributed by atoms with Crippen LogP contribution < -0.4 is 10.2 Å². The van der Waals surface area contributed by atoms with Crippen molar-refractivity contribution in [1.29, 1.82) is 0 Å². The highest BCUT2D eigenvalue weighted by Gasteiger charge is 2.81. The molecule has 2 N–H and O–H groups in total. The van der Waals surface area contributed by atoms with Crippen molar-refractivity contribution >= 4 is 35.0 Å². The number of benzene rings is 1. The average Bonchev–Trinajstić information content (AvgIpc) is 3.68. The number of hydrogen-bond donors (Lipinski definition) is 2. The zero-order valence-electron chi connectivity index (χ0n) is 31.1. The van der Waals surface area contributed by atoms with Crippen LogP contribution in [0.25, 0.3) is 0 Å². The number of nitrogens with one attached hydrogen (secondary N) is 1. The maximum absolute atomic E-state index is 13.8. The number of ketones is 2. The van der Waals surface area contributed by atoms with Gasteiger partial charge in [-0.25, -0.2) is 4.79 Å². The van der Waals surface area contributed by atoms with Crippen LogP contribution >= 0.6 is 0 Å². The number of rotatable bonds is 10. The summed E-state index contributed by atoms with van der Waals surface area (Å²) in [7, 11) is 3.87. The lowest BCUT2D eigenvalue weighted by Gasteiger charge is -2.61. The van der Waals surface area contributed by atoms with Crippen LogP contribution in [0.4, 0.5) is 16.2 Å². The molecule has 0 unspecified atom stereocenters. The van der Waals surface area contributed by atoms with Crippen LogP contribution in [-0.2, 0) is 23.9 Å². The highest BCUT2D eigenvalue weighted by atomic mass is 16.6. The second kappa shape index (κ2) is 12.6. The molecule has 12 atom stereocenters. The molecule has 50 heavy (non-hydrogen) atoms. The zero-order chi connectivity index (χ0) is 36.6. The standard InChI is InChI=1S/C41H56N2O7/c1-23(21-49-37(48)42-28-10-12-29(13-11-28)43(8)9)24(2)35(46)36(47)26(4)34-32(50-27(5)44)20-39(7)33-15-14-30-25(3)31(45)16-17-40(30)22-41(33,40)19-18-38(34,39)6/h10-13,16-17,23,25-26,30,32-34,36,47H,2,14-15,18-22H2,1,3-9H3,(H,42,48)/t23-,25-,26-,30-,32-,33-,34-,36+,38+,39-,40+,41-/m0/s1. The number of carbonyl (C=O) groups excluding carboxylic acids is 4. The Morgan fingerprint density at radius 2 is 1.76 bits per heavy atom. The molecule has 9 nitrogen and oxygen atoms in total. The van der Waals surface area contributed by atoms with Gasteiger partial charge >= 0.3 is 12.1 Å². The molecule has 0 heterocycles. The molecule has 1 aromatic rings. The van der Waals surface area contributed by atoms with Gasteiger partial charge in [0.2, 0.25) is 0 Å². The third kappa shape index (κ3) is 5.44. The van der Waals surface area contributed by atoms with Crippen molar-refractivity contribution in [2.75, 3.05) is 30.9 Å². The Morgan fingerprint density at radius 1 is 1.08 bits per heavy atom. The lowest BCUT2D eigenvalue weighted by Crippen LogP contribution is -2.56. The molecule has 4 saturated carbocycles. The van der Waals surface area contributed by atoms with Crippen LogP contribution in [0.3, 0.4) is 0 Å². The topological polar surface area (TPSA) is 122 Å². The van der Waals surface area contributed by atoms with Gasteiger partial charge in [-0.05, 0) is 114 Å². The van der Waals surface area contributed by atoms with E-state index >= 15 is 0 Å². The van der Waals surface area contributed by atoms with Gasteiger partial charge in [0, 0.05) is 50.1 Å². The quantitative estimate of drug-likeness (QED) is 0.199. The highest BCUT2D eigenvalue weighted by Crippen LogP contribution is 2.87. The molecule has 0 saturated heterocycles. The zero-order valence-corrected chi connectivity index (χ0v) is 31.1. The summed E-state index contributed by atoms with van der Waals surface area (Å²) in [6.07, 6.45) is 7.41.